The molecule has 0 spiro atoms. The molecule has 0 aromatic carbocycles. The number of nitrogens with one attached hydrogen (secondary N) is 1. The number of rotatable bonds is 5. The highest BCUT2D eigenvalue weighted by atomic mass is 32.2. The lowest BCUT2D eigenvalue weighted by atomic mass is 10.1. The summed E-state index contributed by atoms with van der Waals surface area (Å²) in [5, 5.41) is 4.65. The zero-order valence-electron chi connectivity index (χ0n) is 11.2. The molecule has 0 radical (unpaired) electrons. The van der Waals surface area contributed by atoms with E-state index in [2.05, 4.69) is 50.1 Å². The van der Waals surface area contributed by atoms with Gasteiger partial charge in [-0.25, -0.2) is 0 Å². The molecular weight excluding hydrogens is 218 g/mol. The standard InChI is InChI=1S/C12H25N3S/c1-9(2)6-11-8-16-12(14-11)13-7-10(3)15(4)5/h9-11H,6-8H2,1-5H3,(H,13,14). The highest BCUT2D eigenvalue weighted by Gasteiger charge is 2.20. The fourth-order valence-corrected chi connectivity index (χ4v) is 2.60. The Labute approximate surface area is 104 Å². The second-order valence-corrected chi connectivity index (χ2v) is 6.25. The fourth-order valence-electron chi connectivity index (χ4n) is 1.60. The van der Waals surface area contributed by atoms with Crippen molar-refractivity contribution in [3.63, 3.8) is 0 Å². The summed E-state index contributed by atoms with van der Waals surface area (Å²) in [6, 6.07) is 1.14. The molecule has 0 amide bonds. The predicted molar refractivity (Wildman–Crippen MR) is 74.3 cm³/mol. The van der Waals surface area contributed by atoms with Crippen LogP contribution in [0, 0.1) is 5.92 Å². The van der Waals surface area contributed by atoms with Gasteiger partial charge in [0.15, 0.2) is 5.17 Å². The maximum atomic E-state index is 4.63. The van der Waals surface area contributed by atoms with Crippen LogP contribution >= 0.6 is 11.8 Å². The molecule has 1 saturated heterocycles. The van der Waals surface area contributed by atoms with Crippen LogP contribution in [-0.2, 0) is 0 Å². The Kier molecular flexibility index (Phi) is 5.62. The molecule has 2 unspecified atom stereocenters. The fraction of sp³-hybridized carbons (Fsp3) is 0.917. The van der Waals surface area contributed by atoms with Gasteiger partial charge in [0.2, 0.25) is 0 Å². The third-order valence-corrected chi connectivity index (χ3v) is 3.97. The Balaban J connectivity index is 2.32. The number of aliphatic imine (C=N–C) groups is 1. The van der Waals surface area contributed by atoms with E-state index in [1.54, 1.807) is 0 Å². The Bertz CT molecular complexity index is 238. The van der Waals surface area contributed by atoms with E-state index in [9.17, 15) is 0 Å². The van der Waals surface area contributed by atoms with Crippen LogP contribution in [0.15, 0.2) is 4.99 Å². The van der Waals surface area contributed by atoms with Crippen LogP contribution < -0.4 is 5.32 Å². The van der Waals surface area contributed by atoms with E-state index in [0.717, 1.165) is 17.6 Å². The van der Waals surface area contributed by atoms with Gasteiger partial charge in [0.05, 0.1) is 6.54 Å². The predicted octanol–water partition coefficient (Wildman–Crippen LogP) is 2.04. The molecule has 0 bridgehead atoms. The number of hydrogen-bond donors (Lipinski definition) is 1. The van der Waals surface area contributed by atoms with Crippen LogP contribution in [0.4, 0.5) is 0 Å². The number of nitrogens with zero attached hydrogens (tertiary/aromatic N) is 2. The first kappa shape index (κ1) is 13.8. The van der Waals surface area contributed by atoms with Crippen LogP contribution in [0.2, 0.25) is 0 Å². The average Bonchev–Trinajstić information content (AvgIpc) is 2.60. The minimum atomic E-state index is 0.513. The van der Waals surface area contributed by atoms with Crippen LogP contribution in [0.5, 0.6) is 0 Å². The lowest BCUT2D eigenvalue weighted by Gasteiger charge is -2.17. The van der Waals surface area contributed by atoms with Gasteiger partial charge in [-0.1, -0.05) is 25.6 Å². The molecule has 1 aliphatic heterocycles. The van der Waals surface area contributed by atoms with Gasteiger partial charge in [0.1, 0.15) is 0 Å². The molecule has 16 heavy (non-hydrogen) atoms. The van der Waals surface area contributed by atoms with E-state index in [1.807, 2.05) is 11.8 Å². The molecule has 94 valence electrons. The molecule has 3 nitrogen and oxygen atoms in total. The molecule has 1 aliphatic rings. The minimum absolute atomic E-state index is 0.513. The minimum Gasteiger partial charge on any atom is -0.361 e. The lowest BCUT2D eigenvalue weighted by molar-refractivity contribution is 0.321. The third-order valence-electron chi connectivity index (χ3n) is 2.89. The van der Waals surface area contributed by atoms with Gasteiger partial charge in [0, 0.05) is 17.8 Å². The van der Waals surface area contributed by atoms with Crippen molar-refractivity contribution in [3.05, 3.63) is 0 Å². The second kappa shape index (κ2) is 6.50. The average molecular weight is 243 g/mol. The molecule has 1 fully saturated rings. The molecule has 2 atom stereocenters. The van der Waals surface area contributed by atoms with Crippen molar-refractivity contribution in [3.8, 4) is 0 Å². The summed E-state index contributed by atoms with van der Waals surface area (Å²) in [7, 11) is 4.20. The number of likely N-dealkylation sites (N-methyl/N-ethyl adjacent to an activating group) is 1. The molecule has 0 aromatic heterocycles. The van der Waals surface area contributed by atoms with E-state index >= 15 is 0 Å². The van der Waals surface area contributed by atoms with Gasteiger partial charge in [-0.2, -0.15) is 0 Å². The Morgan fingerprint density at radius 1 is 1.44 bits per heavy atom. The summed E-state index contributed by atoms with van der Waals surface area (Å²) in [5.74, 6) is 1.94. The highest BCUT2D eigenvalue weighted by Crippen LogP contribution is 2.19. The monoisotopic (exact) mass is 243 g/mol. The number of amidine groups is 1. The first-order valence-electron chi connectivity index (χ1n) is 6.09. The van der Waals surface area contributed by atoms with E-state index in [-0.39, 0.29) is 0 Å². The van der Waals surface area contributed by atoms with Gasteiger partial charge >= 0.3 is 0 Å². The third kappa shape index (κ3) is 4.74. The largest absolute Gasteiger partial charge is 0.361 e. The smallest absolute Gasteiger partial charge is 0.156 e. The van der Waals surface area contributed by atoms with Crippen molar-refractivity contribution < 1.29 is 0 Å². The summed E-state index contributed by atoms with van der Waals surface area (Å²) in [6.45, 7) is 7.64. The van der Waals surface area contributed by atoms with Gasteiger partial charge in [0.25, 0.3) is 0 Å². The summed E-state index contributed by atoms with van der Waals surface area (Å²) in [5.41, 5.74) is 0. The Morgan fingerprint density at radius 3 is 2.69 bits per heavy atom. The van der Waals surface area contributed by atoms with Crippen LogP contribution in [0.3, 0.4) is 0 Å². The maximum Gasteiger partial charge on any atom is 0.156 e. The van der Waals surface area contributed by atoms with Gasteiger partial charge < -0.3 is 10.2 Å². The van der Waals surface area contributed by atoms with Crippen LogP contribution in [0.25, 0.3) is 0 Å². The topological polar surface area (TPSA) is 27.6 Å². The van der Waals surface area contributed by atoms with E-state index < -0.39 is 0 Å². The molecule has 0 aromatic rings. The quantitative estimate of drug-likeness (QED) is 0.801. The molecule has 0 saturated carbocycles. The first-order valence-corrected chi connectivity index (χ1v) is 7.07. The number of hydrogen-bond acceptors (Lipinski definition) is 3. The summed E-state index contributed by atoms with van der Waals surface area (Å²) >= 11 is 1.87. The first-order chi connectivity index (χ1) is 7.49. The second-order valence-electron chi connectivity index (χ2n) is 5.24. The van der Waals surface area contributed by atoms with Crippen molar-refractivity contribution in [1.82, 2.24) is 10.2 Å². The summed E-state index contributed by atoms with van der Waals surface area (Å²) in [6.07, 6.45) is 1.25. The Morgan fingerprint density at radius 2 is 2.12 bits per heavy atom. The SMILES string of the molecule is CC(C)CC1CSC(=NCC(C)N(C)C)N1. The lowest BCUT2D eigenvalue weighted by Crippen LogP contribution is -2.30. The summed E-state index contributed by atoms with van der Waals surface area (Å²) < 4.78 is 0. The summed E-state index contributed by atoms with van der Waals surface area (Å²) in [4.78, 5) is 6.83. The van der Waals surface area contributed by atoms with Crippen LogP contribution in [-0.4, -0.2) is 48.5 Å². The van der Waals surface area contributed by atoms with E-state index in [1.165, 1.54) is 12.2 Å². The van der Waals surface area contributed by atoms with Gasteiger partial charge in [-0.15, -0.1) is 0 Å². The zero-order valence-corrected chi connectivity index (χ0v) is 12.0. The Hall–Kier alpha value is -0.220. The van der Waals surface area contributed by atoms with Crippen molar-refractivity contribution in [2.24, 2.45) is 10.9 Å². The highest BCUT2D eigenvalue weighted by molar-refractivity contribution is 8.14. The molecule has 1 N–H and O–H groups in total. The molecule has 1 rings (SSSR count). The van der Waals surface area contributed by atoms with E-state index in [0.29, 0.717) is 12.1 Å². The van der Waals surface area contributed by atoms with Crippen LogP contribution in [0.1, 0.15) is 27.2 Å². The molecule has 0 aliphatic carbocycles. The molecule has 4 heteroatoms. The maximum absolute atomic E-state index is 4.63. The number of thioether (sulfide) groups is 1. The normalized spacial score (nSPS) is 25.4. The van der Waals surface area contributed by atoms with Gasteiger partial charge in [-0.3, -0.25) is 4.99 Å². The van der Waals surface area contributed by atoms with E-state index in [4.69, 9.17) is 0 Å². The zero-order chi connectivity index (χ0) is 12.1. The van der Waals surface area contributed by atoms with Crippen molar-refractivity contribution in [1.29, 1.82) is 0 Å². The van der Waals surface area contributed by atoms with Gasteiger partial charge in [-0.05, 0) is 33.4 Å². The van der Waals surface area contributed by atoms with Crippen molar-refractivity contribution in [2.75, 3.05) is 26.4 Å². The van der Waals surface area contributed by atoms with Crippen molar-refractivity contribution >= 4 is 16.9 Å². The molecule has 1 heterocycles. The molecular formula is C12H25N3S. The van der Waals surface area contributed by atoms with Crippen molar-refractivity contribution in [2.45, 2.75) is 39.3 Å².